The van der Waals surface area contributed by atoms with E-state index in [0.717, 1.165) is 0 Å². The van der Waals surface area contributed by atoms with Crippen molar-refractivity contribution in [3.8, 4) is 11.6 Å². The van der Waals surface area contributed by atoms with Crippen molar-refractivity contribution in [2.75, 3.05) is 5.73 Å². The molecule has 3 nitrogen and oxygen atoms in total. The van der Waals surface area contributed by atoms with Gasteiger partial charge in [0.05, 0.1) is 0 Å². The normalized spacial score (nSPS) is 10.1. The fourth-order valence-corrected chi connectivity index (χ4v) is 1.27. The van der Waals surface area contributed by atoms with E-state index in [1.165, 1.54) is 0 Å². The van der Waals surface area contributed by atoms with Crippen molar-refractivity contribution >= 4 is 5.69 Å². The first-order chi connectivity index (χ1) is 7.79. The second-order valence-electron chi connectivity index (χ2n) is 3.27. The average Bonchev–Trinajstić information content (AvgIpc) is 2.33. The van der Waals surface area contributed by atoms with E-state index in [1.54, 1.807) is 42.6 Å². The standard InChI is InChI=1S/C12H11FN2O/c13-8-9-2-1-7-15-12(9)16-11-5-3-10(14)4-6-11/h1-7H,8,14H2. The molecule has 0 aliphatic heterocycles. The smallest absolute Gasteiger partial charge is 0.225 e. The molecule has 0 amide bonds. The Kier molecular flexibility index (Phi) is 3.00. The molecule has 2 N–H and O–H groups in total. The van der Waals surface area contributed by atoms with Crippen LogP contribution in [0.25, 0.3) is 0 Å². The molecule has 0 aliphatic rings. The predicted molar refractivity (Wildman–Crippen MR) is 60.0 cm³/mol. The van der Waals surface area contributed by atoms with Crippen molar-refractivity contribution in [1.29, 1.82) is 0 Å². The summed E-state index contributed by atoms with van der Waals surface area (Å²) >= 11 is 0. The number of nitrogens with zero attached hydrogens (tertiary/aromatic N) is 1. The van der Waals surface area contributed by atoms with Gasteiger partial charge in [-0.25, -0.2) is 9.37 Å². The third-order valence-electron chi connectivity index (χ3n) is 2.09. The van der Waals surface area contributed by atoms with Gasteiger partial charge in [-0.3, -0.25) is 0 Å². The summed E-state index contributed by atoms with van der Waals surface area (Å²) in [6, 6.07) is 10.2. The summed E-state index contributed by atoms with van der Waals surface area (Å²) in [4.78, 5) is 3.97. The number of nitrogen functional groups attached to an aromatic ring is 1. The zero-order valence-electron chi connectivity index (χ0n) is 8.56. The lowest BCUT2D eigenvalue weighted by atomic mass is 10.3. The van der Waals surface area contributed by atoms with E-state index in [0.29, 0.717) is 17.0 Å². The number of hydrogen-bond donors (Lipinski definition) is 1. The molecule has 4 heteroatoms. The van der Waals surface area contributed by atoms with E-state index >= 15 is 0 Å². The lowest BCUT2D eigenvalue weighted by Crippen LogP contribution is -1.93. The lowest BCUT2D eigenvalue weighted by Gasteiger charge is -2.07. The third kappa shape index (κ3) is 2.28. The van der Waals surface area contributed by atoms with Gasteiger partial charge in [0.15, 0.2) is 0 Å². The molecule has 0 radical (unpaired) electrons. The summed E-state index contributed by atoms with van der Waals surface area (Å²) in [5.41, 5.74) is 6.63. The fraction of sp³-hybridized carbons (Fsp3) is 0.0833. The van der Waals surface area contributed by atoms with E-state index < -0.39 is 6.67 Å². The first-order valence-corrected chi connectivity index (χ1v) is 4.83. The zero-order valence-corrected chi connectivity index (χ0v) is 8.56. The van der Waals surface area contributed by atoms with Gasteiger partial charge in [-0.2, -0.15) is 0 Å². The van der Waals surface area contributed by atoms with Crippen LogP contribution in [0.1, 0.15) is 5.56 Å². The molecular formula is C12H11FN2O. The number of hydrogen-bond acceptors (Lipinski definition) is 3. The van der Waals surface area contributed by atoms with E-state index in [1.807, 2.05) is 0 Å². The van der Waals surface area contributed by atoms with Gasteiger partial charge in [0, 0.05) is 17.4 Å². The van der Waals surface area contributed by atoms with Gasteiger partial charge in [0.25, 0.3) is 0 Å². The summed E-state index contributed by atoms with van der Waals surface area (Å²) in [6.45, 7) is -0.599. The summed E-state index contributed by atoms with van der Waals surface area (Å²) in [5.74, 6) is 0.873. The summed E-state index contributed by atoms with van der Waals surface area (Å²) in [5, 5.41) is 0. The van der Waals surface area contributed by atoms with Crippen molar-refractivity contribution in [3.63, 3.8) is 0 Å². The van der Waals surface area contributed by atoms with Crippen LogP contribution >= 0.6 is 0 Å². The summed E-state index contributed by atoms with van der Waals surface area (Å²) in [7, 11) is 0. The Hall–Kier alpha value is -2.10. The van der Waals surface area contributed by atoms with Crippen LogP contribution in [0.15, 0.2) is 42.6 Å². The highest BCUT2D eigenvalue weighted by Crippen LogP contribution is 2.23. The molecule has 2 aromatic rings. The molecule has 2 rings (SSSR count). The Bertz CT molecular complexity index is 471. The van der Waals surface area contributed by atoms with Crippen molar-refractivity contribution in [2.24, 2.45) is 0 Å². The van der Waals surface area contributed by atoms with Gasteiger partial charge in [-0.1, -0.05) is 0 Å². The molecule has 16 heavy (non-hydrogen) atoms. The minimum absolute atomic E-state index is 0.287. The summed E-state index contributed by atoms with van der Waals surface area (Å²) in [6.07, 6.45) is 1.56. The van der Waals surface area contributed by atoms with Crippen LogP contribution in [0.4, 0.5) is 10.1 Å². The monoisotopic (exact) mass is 218 g/mol. The maximum Gasteiger partial charge on any atom is 0.225 e. The maximum absolute atomic E-state index is 12.6. The molecule has 0 fully saturated rings. The molecule has 1 heterocycles. The number of anilines is 1. The Balaban J connectivity index is 2.23. The van der Waals surface area contributed by atoms with Gasteiger partial charge in [0.2, 0.25) is 5.88 Å². The number of ether oxygens (including phenoxy) is 1. The zero-order chi connectivity index (χ0) is 11.4. The van der Waals surface area contributed by atoms with Crippen molar-refractivity contribution in [3.05, 3.63) is 48.2 Å². The van der Waals surface area contributed by atoms with Crippen molar-refractivity contribution in [2.45, 2.75) is 6.67 Å². The molecule has 1 aromatic carbocycles. The molecule has 0 bridgehead atoms. The predicted octanol–water partition coefficient (Wildman–Crippen LogP) is 2.93. The minimum Gasteiger partial charge on any atom is -0.439 e. The van der Waals surface area contributed by atoms with Crippen LogP contribution in [0.5, 0.6) is 11.6 Å². The maximum atomic E-state index is 12.6. The van der Waals surface area contributed by atoms with Gasteiger partial charge < -0.3 is 10.5 Å². The average molecular weight is 218 g/mol. The second-order valence-corrected chi connectivity index (χ2v) is 3.27. The lowest BCUT2D eigenvalue weighted by molar-refractivity contribution is 0.426. The van der Waals surface area contributed by atoms with Crippen LogP contribution in [0, 0.1) is 0 Å². The molecule has 0 saturated heterocycles. The summed E-state index contributed by atoms with van der Waals surface area (Å²) < 4.78 is 18.1. The first-order valence-electron chi connectivity index (χ1n) is 4.83. The van der Waals surface area contributed by atoms with Crippen LogP contribution in [-0.2, 0) is 6.67 Å². The van der Waals surface area contributed by atoms with Crippen molar-refractivity contribution < 1.29 is 9.13 Å². The molecule has 0 spiro atoms. The second kappa shape index (κ2) is 4.61. The molecule has 0 aliphatic carbocycles. The van der Waals surface area contributed by atoms with Gasteiger partial charge >= 0.3 is 0 Å². The topological polar surface area (TPSA) is 48.1 Å². The Labute approximate surface area is 92.7 Å². The van der Waals surface area contributed by atoms with E-state index in [2.05, 4.69) is 4.98 Å². The number of nitrogens with two attached hydrogens (primary N) is 1. The minimum atomic E-state index is -0.599. The number of alkyl halides is 1. The van der Waals surface area contributed by atoms with Gasteiger partial charge in [-0.15, -0.1) is 0 Å². The fourth-order valence-electron chi connectivity index (χ4n) is 1.27. The molecule has 0 unspecified atom stereocenters. The SMILES string of the molecule is Nc1ccc(Oc2ncccc2CF)cc1. The Morgan fingerprint density at radius 1 is 1.19 bits per heavy atom. The van der Waals surface area contributed by atoms with Gasteiger partial charge in [-0.05, 0) is 36.4 Å². The van der Waals surface area contributed by atoms with Crippen LogP contribution in [-0.4, -0.2) is 4.98 Å². The molecule has 0 atom stereocenters. The van der Waals surface area contributed by atoms with Crippen LogP contribution in [0.2, 0.25) is 0 Å². The number of pyridine rings is 1. The number of aromatic nitrogens is 1. The van der Waals surface area contributed by atoms with Crippen LogP contribution < -0.4 is 10.5 Å². The first kappa shape index (κ1) is 10.4. The highest BCUT2D eigenvalue weighted by Gasteiger charge is 2.05. The number of halogens is 1. The third-order valence-corrected chi connectivity index (χ3v) is 2.09. The highest BCUT2D eigenvalue weighted by molar-refractivity contribution is 5.43. The number of rotatable bonds is 3. The molecular weight excluding hydrogens is 207 g/mol. The largest absolute Gasteiger partial charge is 0.439 e. The number of benzene rings is 1. The highest BCUT2D eigenvalue weighted by atomic mass is 19.1. The molecule has 1 aromatic heterocycles. The molecule has 0 saturated carbocycles. The van der Waals surface area contributed by atoms with E-state index in [4.69, 9.17) is 10.5 Å². The van der Waals surface area contributed by atoms with Gasteiger partial charge in [0.1, 0.15) is 12.4 Å². The van der Waals surface area contributed by atoms with E-state index in [-0.39, 0.29) is 5.88 Å². The quantitative estimate of drug-likeness (QED) is 0.806. The Morgan fingerprint density at radius 3 is 2.62 bits per heavy atom. The Morgan fingerprint density at radius 2 is 1.94 bits per heavy atom. The molecule has 82 valence electrons. The van der Waals surface area contributed by atoms with E-state index in [9.17, 15) is 4.39 Å². The van der Waals surface area contributed by atoms with Crippen LogP contribution in [0.3, 0.4) is 0 Å². The van der Waals surface area contributed by atoms with Crippen molar-refractivity contribution in [1.82, 2.24) is 4.98 Å².